The lowest BCUT2D eigenvalue weighted by molar-refractivity contribution is -0.118. The molecule has 0 aliphatic heterocycles. The van der Waals surface area contributed by atoms with Gasteiger partial charge in [0.25, 0.3) is 5.56 Å². The molecule has 5 N–H and O–H groups in total. The lowest BCUT2D eigenvalue weighted by Gasteiger charge is -2.24. The maximum absolute atomic E-state index is 12.1. The van der Waals surface area contributed by atoms with Gasteiger partial charge in [-0.1, -0.05) is 11.8 Å². The number of nitrogens with zero attached hydrogens (tertiary/aromatic N) is 3. The Morgan fingerprint density at radius 3 is 2.85 bits per heavy atom. The summed E-state index contributed by atoms with van der Waals surface area (Å²) in [5.41, 5.74) is 5.23. The van der Waals surface area contributed by atoms with Crippen molar-refractivity contribution < 1.29 is 14.6 Å². The molecular formula is C16H26N6O4S. The molecule has 0 fully saturated rings. The zero-order chi connectivity index (χ0) is 20.0. The number of aromatic amines is 1. The number of fused-ring (bicyclic) bond motifs is 1. The highest BCUT2D eigenvalue weighted by Gasteiger charge is 2.19. The van der Waals surface area contributed by atoms with E-state index in [2.05, 4.69) is 20.3 Å². The first-order valence-electron chi connectivity index (χ1n) is 8.67. The van der Waals surface area contributed by atoms with Gasteiger partial charge >= 0.3 is 0 Å². The molecule has 0 aliphatic rings. The molecule has 0 aliphatic carbocycles. The molecule has 2 rings (SSSR count). The van der Waals surface area contributed by atoms with Crippen LogP contribution in [-0.4, -0.2) is 61.6 Å². The van der Waals surface area contributed by atoms with Crippen LogP contribution in [0.25, 0.3) is 11.2 Å². The summed E-state index contributed by atoms with van der Waals surface area (Å²) in [6.07, 6.45) is 0.693. The van der Waals surface area contributed by atoms with Crippen LogP contribution < -0.4 is 16.6 Å². The van der Waals surface area contributed by atoms with Gasteiger partial charge < -0.3 is 25.5 Å². The van der Waals surface area contributed by atoms with Gasteiger partial charge in [0.1, 0.15) is 0 Å². The minimum Gasteiger partial charge on any atom is -0.395 e. The predicted octanol–water partition coefficient (Wildman–Crippen LogP) is 0.108. The van der Waals surface area contributed by atoms with Gasteiger partial charge in [0, 0.05) is 19.7 Å². The molecule has 11 heteroatoms. The summed E-state index contributed by atoms with van der Waals surface area (Å²) < 4.78 is 7.17. The number of anilines is 1. The second kappa shape index (κ2) is 9.20. The number of nitrogens with two attached hydrogens (primary N) is 1. The minimum absolute atomic E-state index is 0.0298. The predicted molar refractivity (Wildman–Crippen MR) is 104 cm³/mol. The Morgan fingerprint density at radius 1 is 1.44 bits per heavy atom. The van der Waals surface area contributed by atoms with Gasteiger partial charge in [-0.3, -0.25) is 14.6 Å². The van der Waals surface area contributed by atoms with E-state index in [-0.39, 0.29) is 47.5 Å². The van der Waals surface area contributed by atoms with Crippen LogP contribution in [0, 0.1) is 0 Å². The topological polar surface area (TPSA) is 148 Å². The van der Waals surface area contributed by atoms with Crippen molar-refractivity contribution in [3.8, 4) is 0 Å². The van der Waals surface area contributed by atoms with Crippen LogP contribution in [0.3, 0.4) is 0 Å². The summed E-state index contributed by atoms with van der Waals surface area (Å²) in [5.74, 6) is -0.0638. The molecule has 27 heavy (non-hydrogen) atoms. The number of carbonyl (C=O) groups excluding carboxylic acids is 1. The number of ether oxygens (including phenoxy) is 1. The number of aliphatic hydroxyl groups excluding tert-OH is 1. The van der Waals surface area contributed by atoms with Crippen LogP contribution in [0.1, 0.15) is 27.2 Å². The molecule has 0 spiro atoms. The maximum Gasteiger partial charge on any atom is 0.280 e. The SMILES string of the molecule is CCOC(C)(C)CCNC(=O)CSc1nc2c(=O)[nH]c(N)nc2n1CCO. The van der Waals surface area contributed by atoms with Crippen molar-refractivity contribution in [2.24, 2.45) is 0 Å². The summed E-state index contributed by atoms with van der Waals surface area (Å²) in [5, 5.41) is 12.5. The highest BCUT2D eigenvalue weighted by molar-refractivity contribution is 7.99. The molecule has 0 atom stereocenters. The summed E-state index contributed by atoms with van der Waals surface area (Å²) in [4.78, 5) is 34.8. The van der Waals surface area contributed by atoms with Crippen molar-refractivity contribution in [1.82, 2.24) is 24.8 Å². The number of H-pyrrole nitrogens is 1. The zero-order valence-electron chi connectivity index (χ0n) is 15.7. The third kappa shape index (κ3) is 5.68. The fourth-order valence-electron chi connectivity index (χ4n) is 2.57. The Balaban J connectivity index is 2.02. The van der Waals surface area contributed by atoms with E-state index in [1.807, 2.05) is 20.8 Å². The van der Waals surface area contributed by atoms with Gasteiger partial charge in [-0.05, 0) is 27.2 Å². The lowest BCUT2D eigenvalue weighted by atomic mass is 10.1. The fraction of sp³-hybridized carbons (Fsp3) is 0.625. The first-order chi connectivity index (χ1) is 12.8. The molecule has 0 unspecified atom stereocenters. The summed E-state index contributed by atoms with van der Waals surface area (Å²) in [6.45, 7) is 7.04. The van der Waals surface area contributed by atoms with Crippen molar-refractivity contribution in [2.45, 2.75) is 44.5 Å². The Kier molecular flexibility index (Phi) is 7.22. The second-order valence-corrected chi connectivity index (χ2v) is 7.42. The molecule has 0 saturated carbocycles. The first-order valence-corrected chi connectivity index (χ1v) is 9.66. The van der Waals surface area contributed by atoms with Crippen LogP contribution in [0.5, 0.6) is 0 Å². The number of aromatic nitrogens is 4. The summed E-state index contributed by atoms with van der Waals surface area (Å²) in [7, 11) is 0. The lowest BCUT2D eigenvalue weighted by Crippen LogP contribution is -2.33. The number of aliphatic hydroxyl groups is 1. The van der Waals surface area contributed by atoms with E-state index in [0.29, 0.717) is 24.7 Å². The average Bonchev–Trinajstić information content (AvgIpc) is 2.91. The van der Waals surface area contributed by atoms with Gasteiger partial charge in [-0.25, -0.2) is 4.98 Å². The summed E-state index contributed by atoms with van der Waals surface area (Å²) in [6, 6.07) is 0. The molecule has 0 aromatic carbocycles. The first kappa shape index (κ1) is 21.2. The molecule has 10 nitrogen and oxygen atoms in total. The van der Waals surface area contributed by atoms with Crippen molar-refractivity contribution in [2.75, 3.05) is 31.2 Å². The van der Waals surface area contributed by atoms with Crippen molar-refractivity contribution in [3.63, 3.8) is 0 Å². The number of imidazole rings is 1. The Bertz CT molecular complexity index is 847. The third-order valence-corrected chi connectivity index (χ3v) is 4.81. The monoisotopic (exact) mass is 398 g/mol. The number of carbonyl (C=O) groups is 1. The normalized spacial score (nSPS) is 11.9. The fourth-order valence-corrected chi connectivity index (χ4v) is 3.42. The number of hydrogen-bond acceptors (Lipinski definition) is 8. The van der Waals surface area contributed by atoms with Crippen LogP contribution in [0.2, 0.25) is 0 Å². The van der Waals surface area contributed by atoms with E-state index in [0.717, 1.165) is 0 Å². The molecule has 0 saturated heterocycles. The van der Waals surface area contributed by atoms with Gasteiger partial charge in [-0.15, -0.1) is 0 Å². The van der Waals surface area contributed by atoms with Gasteiger partial charge in [0.05, 0.1) is 18.0 Å². The molecule has 0 radical (unpaired) electrons. The number of hydrogen-bond donors (Lipinski definition) is 4. The van der Waals surface area contributed by atoms with Crippen LogP contribution in [0.15, 0.2) is 9.95 Å². The van der Waals surface area contributed by atoms with E-state index in [1.54, 1.807) is 4.57 Å². The van der Waals surface area contributed by atoms with E-state index in [4.69, 9.17) is 10.5 Å². The smallest absolute Gasteiger partial charge is 0.280 e. The standard InChI is InChI=1S/C16H26N6O4S/c1-4-26-16(2,3)5-6-18-10(24)9-27-15-19-11-12(22(15)7-8-23)20-14(17)21-13(11)25/h23H,4-9H2,1-3H3,(H,18,24)(H3,17,20,21,25). The molecular weight excluding hydrogens is 372 g/mol. The molecule has 2 aromatic heterocycles. The van der Waals surface area contributed by atoms with Crippen LogP contribution in [-0.2, 0) is 16.1 Å². The molecule has 2 aromatic rings. The highest BCUT2D eigenvalue weighted by Crippen LogP contribution is 2.21. The highest BCUT2D eigenvalue weighted by atomic mass is 32.2. The number of rotatable bonds is 10. The Hall–Kier alpha value is -2.11. The van der Waals surface area contributed by atoms with E-state index in [9.17, 15) is 14.7 Å². The molecule has 2 heterocycles. The summed E-state index contributed by atoms with van der Waals surface area (Å²) >= 11 is 1.17. The quantitative estimate of drug-likeness (QED) is 0.412. The largest absolute Gasteiger partial charge is 0.395 e. The van der Waals surface area contributed by atoms with Crippen LogP contribution >= 0.6 is 11.8 Å². The Labute approximate surface area is 160 Å². The number of nitrogen functional groups attached to an aromatic ring is 1. The number of nitrogens with one attached hydrogen (secondary N) is 2. The van der Waals surface area contributed by atoms with Crippen molar-refractivity contribution in [1.29, 1.82) is 0 Å². The van der Waals surface area contributed by atoms with Crippen LogP contribution in [0.4, 0.5) is 5.95 Å². The molecule has 0 bridgehead atoms. The van der Waals surface area contributed by atoms with Gasteiger partial charge in [0.2, 0.25) is 11.9 Å². The van der Waals surface area contributed by atoms with Gasteiger partial charge in [0.15, 0.2) is 16.3 Å². The number of amides is 1. The van der Waals surface area contributed by atoms with Crippen molar-refractivity contribution in [3.05, 3.63) is 10.4 Å². The minimum atomic E-state index is -0.460. The van der Waals surface area contributed by atoms with E-state index >= 15 is 0 Å². The molecule has 1 amide bonds. The van der Waals surface area contributed by atoms with E-state index < -0.39 is 5.56 Å². The third-order valence-electron chi connectivity index (χ3n) is 3.83. The Morgan fingerprint density at radius 2 is 2.19 bits per heavy atom. The zero-order valence-corrected chi connectivity index (χ0v) is 16.6. The average molecular weight is 398 g/mol. The van der Waals surface area contributed by atoms with Crippen molar-refractivity contribution >= 4 is 34.8 Å². The van der Waals surface area contributed by atoms with E-state index in [1.165, 1.54) is 11.8 Å². The molecule has 150 valence electrons. The maximum atomic E-state index is 12.1. The van der Waals surface area contributed by atoms with Gasteiger partial charge in [-0.2, -0.15) is 4.98 Å². The number of thioether (sulfide) groups is 1. The second-order valence-electron chi connectivity index (χ2n) is 6.47.